The van der Waals surface area contributed by atoms with Crippen molar-refractivity contribution in [1.29, 1.82) is 0 Å². The van der Waals surface area contributed by atoms with E-state index >= 15 is 0 Å². The van der Waals surface area contributed by atoms with Crippen LogP contribution >= 0.6 is 0 Å². The van der Waals surface area contributed by atoms with E-state index in [0.29, 0.717) is 41.4 Å². The van der Waals surface area contributed by atoms with Gasteiger partial charge in [0.2, 0.25) is 5.76 Å². The van der Waals surface area contributed by atoms with Crippen molar-refractivity contribution in [2.45, 2.75) is 45.3 Å². The van der Waals surface area contributed by atoms with Gasteiger partial charge in [0.25, 0.3) is 5.91 Å². The second-order valence-corrected chi connectivity index (χ2v) is 6.20. The van der Waals surface area contributed by atoms with Crippen molar-refractivity contribution < 1.29 is 13.9 Å². The first-order chi connectivity index (χ1) is 9.67. The summed E-state index contributed by atoms with van der Waals surface area (Å²) in [5, 5.41) is 0. The van der Waals surface area contributed by atoms with E-state index in [1.165, 1.54) is 0 Å². The number of likely N-dealkylation sites (tertiary alicyclic amines) is 1. The average Bonchev–Trinajstić information content (AvgIpc) is 3.18. The molecule has 2 bridgehead atoms. The molecule has 3 saturated heterocycles. The number of aromatic nitrogens is 1. The van der Waals surface area contributed by atoms with Crippen LogP contribution in [0.2, 0.25) is 0 Å². The van der Waals surface area contributed by atoms with Gasteiger partial charge in [0, 0.05) is 31.3 Å². The fourth-order valence-electron chi connectivity index (χ4n) is 4.07. The third kappa shape index (κ3) is 1.65. The fourth-order valence-corrected chi connectivity index (χ4v) is 4.07. The third-order valence-electron chi connectivity index (χ3n) is 5.08. The minimum absolute atomic E-state index is 0.00324. The lowest BCUT2D eigenvalue weighted by atomic mass is 9.82. The number of nitrogens with zero attached hydrogens (tertiary/aromatic N) is 2. The number of carbonyl (C=O) groups excluding carboxylic acids is 1. The zero-order chi connectivity index (χ0) is 13.9. The Bertz CT molecular complexity index is 535. The van der Waals surface area contributed by atoms with Gasteiger partial charge in [-0.3, -0.25) is 4.79 Å². The van der Waals surface area contributed by atoms with Crippen molar-refractivity contribution in [3.8, 4) is 0 Å². The first kappa shape index (κ1) is 12.4. The van der Waals surface area contributed by atoms with Crippen molar-refractivity contribution in [2.75, 3.05) is 13.1 Å². The van der Waals surface area contributed by atoms with Crippen LogP contribution in [0.5, 0.6) is 0 Å². The maximum absolute atomic E-state index is 12.6. The van der Waals surface area contributed by atoms with Crippen molar-refractivity contribution in [2.24, 2.45) is 11.8 Å². The molecule has 0 N–H and O–H groups in total. The summed E-state index contributed by atoms with van der Waals surface area (Å²) in [6.07, 6.45) is 3.80. The molecule has 1 aromatic rings. The van der Waals surface area contributed by atoms with Gasteiger partial charge in [-0.2, -0.15) is 0 Å². The summed E-state index contributed by atoms with van der Waals surface area (Å²) >= 11 is 0. The molecule has 1 amide bonds. The third-order valence-corrected chi connectivity index (χ3v) is 5.08. The van der Waals surface area contributed by atoms with Crippen LogP contribution in [0.3, 0.4) is 0 Å². The molecule has 20 heavy (non-hydrogen) atoms. The molecule has 0 saturated carbocycles. The molecule has 3 fully saturated rings. The minimum Gasteiger partial charge on any atom is -0.435 e. The number of fused-ring (bicyclic) bond motifs is 5. The van der Waals surface area contributed by atoms with Gasteiger partial charge in [0.15, 0.2) is 5.89 Å². The molecular formula is C15H20N2O3. The summed E-state index contributed by atoms with van der Waals surface area (Å²) in [6, 6.07) is 0. The molecule has 5 heteroatoms. The molecular weight excluding hydrogens is 256 g/mol. The summed E-state index contributed by atoms with van der Waals surface area (Å²) in [5.74, 6) is 2.14. The number of amides is 1. The number of ether oxygens (including phenoxy) is 1. The van der Waals surface area contributed by atoms with E-state index in [1.54, 1.807) is 0 Å². The van der Waals surface area contributed by atoms with Gasteiger partial charge in [0.05, 0.1) is 17.9 Å². The smallest absolute Gasteiger partial charge is 0.291 e. The molecule has 4 heterocycles. The van der Waals surface area contributed by atoms with E-state index < -0.39 is 0 Å². The van der Waals surface area contributed by atoms with Crippen molar-refractivity contribution in [3.63, 3.8) is 0 Å². The second-order valence-electron chi connectivity index (χ2n) is 6.20. The highest BCUT2D eigenvalue weighted by molar-refractivity contribution is 5.92. The first-order valence-corrected chi connectivity index (χ1v) is 7.58. The van der Waals surface area contributed by atoms with Crippen LogP contribution in [-0.4, -0.2) is 41.1 Å². The number of hydrogen-bond acceptors (Lipinski definition) is 4. The zero-order valence-electron chi connectivity index (χ0n) is 12.0. The lowest BCUT2D eigenvalue weighted by molar-refractivity contribution is 0.0574. The highest BCUT2D eigenvalue weighted by Gasteiger charge is 2.54. The molecule has 0 aromatic carbocycles. The Kier molecular flexibility index (Phi) is 2.67. The van der Waals surface area contributed by atoms with Crippen LogP contribution in [0, 0.1) is 18.8 Å². The highest BCUT2D eigenvalue weighted by Crippen LogP contribution is 2.47. The molecule has 0 spiro atoms. The molecule has 1 aromatic heterocycles. The Balaban J connectivity index is 1.54. The quantitative estimate of drug-likeness (QED) is 0.826. The summed E-state index contributed by atoms with van der Waals surface area (Å²) < 4.78 is 11.5. The summed E-state index contributed by atoms with van der Waals surface area (Å²) in [5.41, 5.74) is 0.711. The highest BCUT2D eigenvalue weighted by atomic mass is 16.5. The summed E-state index contributed by atoms with van der Waals surface area (Å²) in [4.78, 5) is 18.9. The van der Waals surface area contributed by atoms with Crippen LogP contribution in [0.1, 0.15) is 41.9 Å². The van der Waals surface area contributed by atoms with Gasteiger partial charge in [-0.1, -0.05) is 6.92 Å². The molecule has 3 aliphatic rings. The van der Waals surface area contributed by atoms with E-state index in [-0.39, 0.29) is 5.91 Å². The minimum atomic E-state index is 0.00324. The van der Waals surface area contributed by atoms with E-state index in [4.69, 9.17) is 9.15 Å². The Labute approximate surface area is 118 Å². The van der Waals surface area contributed by atoms with Gasteiger partial charge in [-0.25, -0.2) is 4.98 Å². The number of carbonyl (C=O) groups is 1. The van der Waals surface area contributed by atoms with E-state index in [1.807, 2.05) is 18.7 Å². The zero-order valence-corrected chi connectivity index (χ0v) is 12.0. The van der Waals surface area contributed by atoms with E-state index in [2.05, 4.69) is 4.98 Å². The standard InChI is InChI=1S/C15H20N2O3/c1-3-13-16-8(2)14(20-13)15(18)17-6-9-10(7-17)12-5-4-11(9)19-12/h9-12H,3-7H2,1-2H3/t9-,10+,11+,12-. The first-order valence-electron chi connectivity index (χ1n) is 7.58. The number of oxazole rings is 1. The largest absolute Gasteiger partial charge is 0.435 e. The number of aryl methyl sites for hydroxylation is 2. The van der Waals surface area contributed by atoms with Gasteiger partial charge in [-0.05, 0) is 19.8 Å². The van der Waals surface area contributed by atoms with Gasteiger partial charge in [0.1, 0.15) is 0 Å². The summed E-state index contributed by atoms with van der Waals surface area (Å²) in [7, 11) is 0. The average molecular weight is 276 g/mol. The Hall–Kier alpha value is -1.36. The molecule has 4 atom stereocenters. The Morgan fingerprint density at radius 3 is 2.50 bits per heavy atom. The lowest BCUT2D eigenvalue weighted by Crippen LogP contribution is -2.31. The van der Waals surface area contributed by atoms with Gasteiger partial charge >= 0.3 is 0 Å². The van der Waals surface area contributed by atoms with Crippen LogP contribution in [-0.2, 0) is 11.2 Å². The van der Waals surface area contributed by atoms with Crippen molar-refractivity contribution >= 4 is 5.91 Å². The van der Waals surface area contributed by atoms with Crippen LogP contribution in [0.25, 0.3) is 0 Å². The lowest BCUT2D eigenvalue weighted by Gasteiger charge is -2.17. The van der Waals surface area contributed by atoms with Gasteiger partial charge < -0.3 is 14.1 Å². The van der Waals surface area contributed by atoms with Crippen LogP contribution < -0.4 is 0 Å². The summed E-state index contributed by atoms with van der Waals surface area (Å²) in [6.45, 7) is 5.45. The SMILES string of the molecule is CCc1nc(C)c(C(=O)N2C[C@@H]3[C@H](C2)[C@H]2CC[C@@H]3O2)o1. The van der Waals surface area contributed by atoms with E-state index in [0.717, 1.165) is 32.4 Å². The molecule has 0 unspecified atom stereocenters. The molecule has 0 aliphatic carbocycles. The number of rotatable bonds is 2. The number of hydrogen-bond donors (Lipinski definition) is 0. The predicted octanol–water partition coefficient (Wildman–Crippen LogP) is 1.79. The monoisotopic (exact) mass is 276 g/mol. The molecule has 108 valence electrons. The van der Waals surface area contributed by atoms with Crippen LogP contribution in [0.4, 0.5) is 0 Å². The van der Waals surface area contributed by atoms with E-state index in [9.17, 15) is 4.79 Å². The Morgan fingerprint density at radius 1 is 1.30 bits per heavy atom. The predicted molar refractivity (Wildman–Crippen MR) is 71.4 cm³/mol. The van der Waals surface area contributed by atoms with Crippen molar-refractivity contribution in [3.05, 3.63) is 17.3 Å². The normalized spacial score (nSPS) is 34.8. The Morgan fingerprint density at radius 2 is 1.95 bits per heavy atom. The van der Waals surface area contributed by atoms with Gasteiger partial charge in [-0.15, -0.1) is 0 Å². The molecule has 5 nitrogen and oxygen atoms in total. The second kappa shape index (κ2) is 4.32. The molecule has 0 radical (unpaired) electrons. The molecule has 4 rings (SSSR count). The maximum atomic E-state index is 12.6. The van der Waals surface area contributed by atoms with Crippen molar-refractivity contribution in [1.82, 2.24) is 9.88 Å². The maximum Gasteiger partial charge on any atom is 0.291 e. The van der Waals surface area contributed by atoms with Crippen LogP contribution in [0.15, 0.2) is 4.42 Å². The molecule has 3 aliphatic heterocycles. The fraction of sp³-hybridized carbons (Fsp3) is 0.733. The topological polar surface area (TPSA) is 55.6 Å².